The minimum absolute atomic E-state index is 0.00143. The van der Waals surface area contributed by atoms with Gasteiger partial charge in [0.25, 0.3) is 0 Å². The van der Waals surface area contributed by atoms with Gasteiger partial charge in [0.05, 0.1) is 12.3 Å². The highest BCUT2D eigenvalue weighted by atomic mass is 16.5. The number of ether oxygens (including phenoxy) is 1. The van der Waals surface area contributed by atoms with Crippen molar-refractivity contribution in [2.24, 2.45) is 5.92 Å². The molecule has 0 bridgehead atoms. The Bertz CT molecular complexity index is 391. The average Bonchev–Trinajstić information content (AvgIpc) is 2.38. The van der Waals surface area contributed by atoms with Crippen molar-refractivity contribution in [2.75, 3.05) is 25.0 Å². The van der Waals surface area contributed by atoms with Crippen LogP contribution in [0.25, 0.3) is 0 Å². The fourth-order valence-electron chi connectivity index (χ4n) is 1.54. The molecule has 0 radical (unpaired) electrons. The normalized spacial score (nSPS) is 10.5. The van der Waals surface area contributed by atoms with Crippen LogP contribution in [0, 0.1) is 5.92 Å². The van der Waals surface area contributed by atoms with Gasteiger partial charge in [-0.1, -0.05) is 32.9 Å². The number of rotatable bonds is 8. The minimum atomic E-state index is 0.00143. The number of hydrogen-bond donors (Lipinski definition) is 2. The van der Waals surface area contributed by atoms with Gasteiger partial charge in [0.2, 0.25) is 5.91 Å². The molecule has 1 amide bonds. The molecule has 1 aromatic carbocycles. The molecule has 4 heteroatoms. The van der Waals surface area contributed by atoms with Crippen LogP contribution in [0.15, 0.2) is 24.3 Å². The predicted octanol–water partition coefficient (Wildman–Crippen LogP) is 2.66. The van der Waals surface area contributed by atoms with Crippen LogP contribution < -0.4 is 15.4 Å². The van der Waals surface area contributed by atoms with Crippen LogP contribution in [0.2, 0.25) is 0 Å². The van der Waals surface area contributed by atoms with E-state index in [4.69, 9.17) is 4.74 Å². The minimum Gasteiger partial charge on any atom is -0.491 e. The molecule has 0 saturated heterocycles. The fourth-order valence-corrected chi connectivity index (χ4v) is 1.54. The van der Waals surface area contributed by atoms with Crippen LogP contribution >= 0.6 is 0 Å². The van der Waals surface area contributed by atoms with E-state index in [1.165, 1.54) is 0 Å². The topological polar surface area (TPSA) is 50.4 Å². The lowest BCUT2D eigenvalue weighted by Gasteiger charge is -2.13. The van der Waals surface area contributed by atoms with Crippen molar-refractivity contribution in [1.82, 2.24) is 5.32 Å². The summed E-state index contributed by atoms with van der Waals surface area (Å²) in [5.41, 5.74) is 0.740. The maximum Gasteiger partial charge on any atom is 0.225 e. The van der Waals surface area contributed by atoms with Crippen LogP contribution in [0.3, 0.4) is 0 Å². The first-order chi connectivity index (χ1) is 9.13. The third-order valence-corrected chi connectivity index (χ3v) is 2.51. The smallest absolute Gasteiger partial charge is 0.225 e. The monoisotopic (exact) mass is 264 g/mol. The number of anilines is 1. The Labute approximate surface area is 115 Å². The second-order valence-electron chi connectivity index (χ2n) is 4.85. The molecule has 0 unspecified atom stereocenters. The first kappa shape index (κ1) is 15.5. The van der Waals surface area contributed by atoms with E-state index in [0.717, 1.165) is 18.0 Å². The lowest BCUT2D eigenvalue weighted by molar-refractivity contribution is -0.116. The van der Waals surface area contributed by atoms with Gasteiger partial charge in [0.1, 0.15) is 5.75 Å². The molecule has 106 valence electrons. The molecular weight excluding hydrogens is 240 g/mol. The summed E-state index contributed by atoms with van der Waals surface area (Å²) in [5.74, 6) is 1.19. The van der Waals surface area contributed by atoms with Gasteiger partial charge in [0.15, 0.2) is 0 Å². The van der Waals surface area contributed by atoms with E-state index in [0.29, 0.717) is 25.5 Å². The Morgan fingerprint density at radius 3 is 2.74 bits per heavy atom. The zero-order chi connectivity index (χ0) is 14.1. The third-order valence-electron chi connectivity index (χ3n) is 2.51. The number of amides is 1. The van der Waals surface area contributed by atoms with Gasteiger partial charge in [-0.15, -0.1) is 0 Å². The van der Waals surface area contributed by atoms with Gasteiger partial charge in [-0.05, 0) is 24.6 Å². The lowest BCUT2D eigenvalue weighted by atomic mass is 10.2. The van der Waals surface area contributed by atoms with E-state index in [9.17, 15) is 4.79 Å². The Kier molecular flexibility index (Phi) is 6.97. The largest absolute Gasteiger partial charge is 0.491 e. The Morgan fingerprint density at radius 1 is 1.32 bits per heavy atom. The molecule has 0 heterocycles. The van der Waals surface area contributed by atoms with Crippen molar-refractivity contribution in [1.29, 1.82) is 0 Å². The number of nitrogens with one attached hydrogen (secondary N) is 2. The molecule has 1 aromatic rings. The standard InChI is InChI=1S/C15H24N2O2/c1-4-16-10-9-15(18)17-13-7-5-6-8-14(13)19-11-12(2)3/h5-8,12,16H,4,9-11H2,1-3H3,(H,17,18). The molecule has 1 rings (SSSR count). The summed E-state index contributed by atoms with van der Waals surface area (Å²) < 4.78 is 5.69. The number of para-hydroxylation sites is 2. The molecule has 0 aliphatic heterocycles. The highest BCUT2D eigenvalue weighted by Crippen LogP contribution is 2.24. The van der Waals surface area contributed by atoms with Crippen LogP contribution in [0.1, 0.15) is 27.2 Å². The van der Waals surface area contributed by atoms with Crippen molar-refractivity contribution in [3.8, 4) is 5.75 Å². The summed E-state index contributed by atoms with van der Waals surface area (Å²) >= 11 is 0. The van der Waals surface area contributed by atoms with Crippen LogP contribution in [0.4, 0.5) is 5.69 Å². The van der Waals surface area contributed by atoms with Gasteiger partial charge < -0.3 is 15.4 Å². The molecule has 0 spiro atoms. The summed E-state index contributed by atoms with van der Waals surface area (Å²) in [6.07, 6.45) is 0.465. The van der Waals surface area contributed by atoms with E-state index in [1.807, 2.05) is 31.2 Å². The van der Waals surface area contributed by atoms with Gasteiger partial charge in [-0.2, -0.15) is 0 Å². The summed E-state index contributed by atoms with van der Waals surface area (Å²) in [6.45, 7) is 8.42. The summed E-state index contributed by atoms with van der Waals surface area (Å²) in [4.78, 5) is 11.8. The first-order valence-corrected chi connectivity index (χ1v) is 6.85. The van der Waals surface area contributed by atoms with E-state index < -0.39 is 0 Å². The average molecular weight is 264 g/mol. The van der Waals surface area contributed by atoms with Crippen molar-refractivity contribution in [3.05, 3.63) is 24.3 Å². The molecule has 0 aliphatic rings. The maximum absolute atomic E-state index is 11.8. The van der Waals surface area contributed by atoms with Gasteiger partial charge in [0, 0.05) is 13.0 Å². The molecule has 0 fully saturated rings. The summed E-state index contributed by atoms with van der Waals surface area (Å²) in [7, 11) is 0. The molecule has 4 nitrogen and oxygen atoms in total. The molecule has 0 saturated carbocycles. The molecule has 0 atom stereocenters. The van der Waals surface area contributed by atoms with Crippen molar-refractivity contribution in [2.45, 2.75) is 27.2 Å². The van der Waals surface area contributed by atoms with E-state index in [1.54, 1.807) is 0 Å². The van der Waals surface area contributed by atoms with Crippen molar-refractivity contribution in [3.63, 3.8) is 0 Å². The van der Waals surface area contributed by atoms with Crippen LogP contribution in [-0.2, 0) is 4.79 Å². The molecule has 0 aromatic heterocycles. The third kappa shape index (κ3) is 6.25. The van der Waals surface area contributed by atoms with E-state index in [2.05, 4.69) is 24.5 Å². The van der Waals surface area contributed by atoms with Crippen molar-refractivity contribution < 1.29 is 9.53 Å². The SMILES string of the molecule is CCNCCC(=O)Nc1ccccc1OCC(C)C. The molecule has 19 heavy (non-hydrogen) atoms. The van der Waals surface area contributed by atoms with Crippen LogP contribution in [0.5, 0.6) is 5.75 Å². The predicted molar refractivity (Wildman–Crippen MR) is 78.6 cm³/mol. The summed E-state index contributed by atoms with van der Waals surface area (Å²) in [6, 6.07) is 7.54. The van der Waals surface area contributed by atoms with Gasteiger partial charge in [-0.3, -0.25) is 4.79 Å². The zero-order valence-electron chi connectivity index (χ0n) is 12.0. The number of carbonyl (C=O) groups excluding carboxylic acids is 1. The molecule has 2 N–H and O–H groups in total. The molecule has 0 aliphatic carbocycles. The quantitative estimate of drug-likeness (QED) is 0.710. The lowest BCUT2D eigenvalue weighted by Crippen LogP contribution is -2.21. The van der Waals surface area contributed by atoms with Gasteiger partial charge in [-0.25, -0.2) is 0 Å². The van der Waals surface area contributed by atoms with Crippen molar-refractivity contribution >= 4 is 11.6 Å². The van der Waals surface area contributed by atoms with E-state index in [-0.39, 0.29) is 5.91 Å². The maximum atomic E-state index is 11.8. The van der Waals surface area contributed by atoms with Crippen LogP contribution in [-0.4, -0.2) is 25.6 Å². The number of hydrogen-bond acceptors (Lipinski definition) is 3. The number of benzene rings is 1. The highest BCUT2D eigenvalue weighted by molar-refractivity contribution is 5.92. The first-order valence-electron chi connectivity index (χ1n) is 6.85. The second kappa shape index (κ2) is 8.53. The highest BCUT2D eigenvalue weighted by Gasteiger charge is 2.07. The van der Waals surface area contributed by atoms with E-state index >= 15 is 0 Å². The van der Waals surface area contributed by atoms with Gasteiger partial charge >= 0.3 is 0 Å². The Morgan fingerprint density at radius 2 is 2.05 bits per heavy atom. The Hall–Kier alpha value is -1.55. The second-order valence-corrected chi connectivity index (χ2v) is 4.85. The Balaban J connectivity index is 2.54. The molecular formula is C15H24N2O2. The summed E-state index contributed by atoms with van der Waals surface area (Å²) in [5, 5.41) is 6.02. The zero-order valence-corrected chi connectivity index (χ0v) is 12.0. The number of carbonyl (C=O) groups is 1. The fraction of sp³-hybridized carbons (Fsp3) is 0.533.